The van der Waals surface area contributed by atoms with E-state index in [1.807, 2.05) is 6.07 Å². The van der Waals surface area contributed by atoms with Crippen molar-refractivity contribution in [1.29, 1.82) is 0 Å². The number of ether oxygens (including phenoxy) is 2. The summed E-state index contributed by atoms with van der Waals surface area (Å²) in [6.07, 6.45) is 0.972. The van der Waals surface area contributed by atoms with Crippen molar-refractivity contribution in [3.8, 4) is 5.75 Å². The third-order valence-corrected chi connectivity index (χ3v) is 2.69. The number of hydrogen-bond donors (Lipinski definition) is 1. The third-order valence-electron chi connectivity index (χ3n) is 2.69. The van der Waals surface area contributed by atoms with Gasteiger partial charge in [0.2, 0.25) is 0 Å². The molecule has 0 aromatic heterocycles. The van der Waals surface area contributed by atoms with Crippen LogP contribution in [0.5, 0.6) is 5.75 Å². The van der Waals surface area contributed by atoms with Crippen LogP contribution in [-0.2, 0) is 17.8 Å². The van der Waals surface area contributed by atoms with E-state index < -0.39 is 0 Å². The molecule has 0 saturated heterocycles. The van der Waals surface area contributed by atoms with Gasteiger partial charge in [0.15, 0.2) is 6.79 Å². The molecule has 0 fully saturated rings. The summed E-state index contributed by atoms with van der Waals surface area (Å²) in [5.74, 6) is 1.49. The maximum Gasteiger partial charge on any atom is 0.189 e. The van der Waals surface area contributed by atoms with Crippen LogP contribution in [0.15, 0.2) is 18.2 Å². The van der Waals surface area contributed by atoms with Crippen molar-refractivity contribution >= 4 is 0 Å². The number of para-hydroxylation sites is 1. The first-order chi connectivity index (χ1) is 7.31. The zero-order valence-corrected chi connectivity index (χ0v) is 9.03. The molecule has 1 atom stereocenters. The average molecular weight is 207 g/mol. The van der Waals surface area contributed by atoms with Gasteiger partial charge in [-0.1, -0.05) is 25.1 Å². The van der Waals surface area contributed by atoms with E-state index >= 15 is 0 Å². The highest BCUT2D eigenvalue weighted by atomic mass is 16.7. The van der Waals surface area contributed by atoms with E-state index in [9.17, 15) is 0 Å². The minimum atomic E-state index is 0.362. The van der Waals surface area contributed by atoms with Crippen molar-refractivity contribution in [3.05, 3.63) is 29.3 Å². The molecule has 1 aromatic rings. The lowest BCUT2D eigenvalue weighted by Crippen LogP contribution is -2.17. The zero-order chi connectivity index (χ0) is 10.7. The lowest BCUT2D eigenvalue weighted by atomic mass is 9.98. The van der Waals surface area contributed by atoms with Crippen molar-refractivity contribution in [3.63, 3.8) is 0 Å². The maximum atomic E-state index is 5.63. The van der Waals surface area contributed by atoms with E-state index in [1.165, 1.54) is 5.56 Å². The van der Waals surface area contributed by atoms with Crippen LogP contribution in [0, 0.1) is 5.92 Å². The normalized spacial score (nSPS) is 16.7. The second-order valence-electron chi connectivity index (χ2n) is 4.06. The number of benzene rings is 1. The molecular formula is C12H17NO2. The predicted octanol–water partition coefficient (Wildman–Crippen LogP) is 1.69. The fourth-order valence-corrected chi connectivity index (χ4v) is 1.81. The van der Waals surface area contributed by atoms with Crippen LogP contribution in [0.1, 0.15) is 18.1 Å². The summed E-state index contributed by atoms with van der Waals surface area (Å²) in [5.41, 5.74) is 8.02. The Balaban J connectivity index is 2.23. The van der Waals surface area contributed by atoms with Gasteiger partial charge in [-0.05, 0) is 24.4 Å². The van der Waals surface area contributed by atoms with Gasteiger partial charge in [0, 0.05) is 5.56 Å². The summed E-state index contributed by atoms with van der Waals surface area (Å²) in [5, 5.41) is 0. The first-order valence-corrected chi connectivity index (χ1v) is 5.32. The highest BCUT2D eigenvalue weighted by Crippen LogP contribution is 2.29. The van der Waals surface area contributed by atoms with Crippen molar-refractivity contribution in [2.24, 2.45) is 11.7 Å². The molecule has 1 aromatic carbocycles. The monoisotopic (exact) mass is 207 g/mol. The second kappa shape index (κ2) is 4.64. The van der Waals surface area contributed by atoms with Gasteiger partial charge in [-0.25, -0.2) is 0 Å². The van der Waals surface area contributed by atoms with Gasteiger partial charge in [0.1, 0.15) is 5.75 Å². The highest BCUT2D eigenvalue weighted by Gasteiger charge is 2.15. The molecule has 1 unspecified atom stereocenters. The summed E-state index contributed by atoms with van der Waals surface area (Å²) in [7, 11) is 0. The van der Waals surface area contributed by atoms with E-state index in [0.29, 0.717) is 25.9 Å². The van der Waals surface area contributed by atoms with Gasteiger partial charge < -0.3 is 15.2 Å². The summed E-state index contributed by atoms with van der Waals surface area (Å²) in [6.45, 7) is 3.88. The molecule has 0 bridgehead atoms. The Labute approximate surface area is 90.2 Å². The molecule has 82 valence electrons. The van der Waals surface area contributed by atoms with Crippen LogP contribution in [0.2, 0.25) is 0 Å². The fraction of sp³-hybridized carbons (Fsp3) is 0.500. The van der Waals surface area contributed by atoms with Gasteiger partial charge in [-0.15, -0.1) is 0 Å². The van der Waals surface area contributed by atoms with Gasteiger partial charge in [0.05, 0.1) is 6.61 Å². The summed E-state index contributed by atoms with van der Waals surface area (Å²) < 4.78 is 10.8. The Morgan fingerprint density at radius 3 is 3.13 bits per heavy atom. The topological polar surface area (TPSA) is 44.5 Å². The minimum Gasteiger partial charge on any atom is -0.467 e. The number of hydrogen-bond acceptors (Lipinski definition) is 3. The van der Waals surface area contributed by atoms with E-state index in [2.05, 4.69) is 19.1 Å². The molecule has 0 aliphatic carbocycles. The lowest BCUT2D eigenvalue weighted by molar-refractivity contribution is -0.0171. The lowest BCUT2D eigenvalue weighted by Gasteiger charge is -2.21. The van der Waals surface area contributed by atoms with Crippen molar-refractivity contribution in [1.82, 2.24) is 0 Å². The predicted molar refractivity (Wildman–Crippen MR) is 58.6 cm³/mol. The molecular weight excluding hydrogens is 190 g/mol. The second-order valence-corrected chi connectivity index (χ2v) is 4.06. The molecule has 2 N–H and O–H groups in total. The molecule has 0 amide bonds. The van der Waals surface area contributed by atoms with E-state index in [4.69, 9.17) is 15.2 Å². The van der Waals surface area contributed by atoms with Crippen LogP contribution >= 0.6 is 0 Å². The first kappa shape index (κ1) is 10.5. The molecule has 15 heavy (non-hydrogen) atoms. The number of nitrogens with two attached hydrogens (primary N) is 1. The Morgan fingerprint density at radius 2 is 2.33 bits per heavy atom. The smallest absolute Gasteiger partial charge is 0.189 e. The molecule has 0 spiro atoms. The summed E-state index contributed by atoms with van der Waals surface area (Å²) >= 11 is 0. The fourth-order valence-electron chi connectivity index (χ4n) is 1.81. The van der Waals surface area contributed by atoms with Crippen LogP contribution in [0.3, 0.4) is 0 Å². The van der Waals surface area contributed by atoms with Gasteiger partial charge in [0.25, 0.3) is 0 Å². The Hall–Kier alpha value is -1.06. The quantitative estimate of drug-likeness (QED) is 0.820. The molecule has 2 rings (SSSR count). The van der Waals surface area contributed by atoms with E-state index in [-0.39, 0.29) is 0 Å². The van der Waals surface area contributed by atoms with E-state index in [1.54, 1.807) is 0 Å². The number of fused-ring (bicyclic) bond motifs is 1. The molecule has 1 aliphatic heterocycles. The Morgan fingerprint density at radius 1 is 1.47 bits per heavy atom. The van der Waals surface area contributed by atoms with Crippen molar-refractivity contribution < 1.29 is 9.47 Å². The largest absolute Gasteiger partial charge is 0.467 e. The highest BCUT2D eigenvalue weighted by molar-refractivity contribution is 5.42. The molecule has 1 aliphatic rings. The van der Waals surface area contributed by atoms with Gasteiger partial charge >= 0.3 is 0 Å². The Kier molecular flexibility index (Phi) is 3.23. The summed E-state index contributed by atoms with van der Waals surface area (Å²) in [6, 6.07) is 6.21. The van der Waals surface area contributed by atoms with Crippen LogP contribution in [0.25, 0.3) is 0 Å². The summed E-state index contributed by atoms with van der Waals surface area (Å²) in [4.78, 5) is 0. The molecule has 1 heterocycles. The average Bonchev–Trinajstić information content (AvgIpc) is 2.29. The number of rotatable bonds is 3. The maximum absolute atomic E-state index is 5.63. The third kappa shape index (κ3) is 2.30. The SMILES string of the molecule is CC(CN)Cc1cccc2c1OCOC2. The molecule has 0 saturated carbocycles. The van der Waals surface area contributed by atoms with Crippen molar-refractivity contribution in [2.75, 3.05) is 13.3 Å². The van der Waals surface area contributed by atoms with Gasteiger partial charge in [-0.2, -0.15) is 0 Å². The molecule has 3 heteroatoms. The van der Waals surface area contributed by atoms with E-state index in [0.717, 1.165) is 17.7 Å². The van der Waals surface area contributed by atoms with Crippen LogP contribution in [0.4, 0.5) is 0 Å². The van der Waals surface area contributed by atoms with Crippen molar-refractivity contribution in [2.45, 2.75) is 20.0 Å². The molecule has 3 nitrogen and oxygen atoms in total. The van der Waals surface area contributed by atoms with Gasteiger partial charge in [-0.3, -0.25) is 0 Å². The molecule has 0 radical (unpaired) electrons. The first-order valence-electron chi connectivity index (χ1n) is 5.32. The minimum absolute atomic E-state index is 0.362. The Bertz CT molecular complexity index is 338. The van der Waals surface area contributed by atoms with Crippen LogP contribution in [-0.4, -0.2) is 13.3 Å². The zero-order valence-electron chi connectivity index (χ0n) is 9.03. The standard InChI is InChI=1S/C12H17NO2/c1-9(6-13)5-10-3-2-4-11-7-14-8-15-12(10)11/h2-4,9H,5-8,13H2,1H3. The van der Waals surface area contributed by atoms with Crippen LogP contribution < -0.4 is 10.5 Å².